The highest BCUT2D eigenvalue weighted by Gasteiger charge is 2.74. The average molecular weight is 572 g/mol. The van der Waals surface area contributed by atoms with Gasteiger partial charge in [-0.1, -0.05) is 6.07 Å². The Bertz CT molecular complexity index is 1270. The molecule has 1 saturated heterocycles. The zero-order valence-electron chi connectivity index (χ0n) is 20.3. The molecule has 5 atom stereocenters. The maximum Gasteiger partial charge on any atom is 0.246 e. The molecule has 2 aliphatic heterocycles. The van der Waals surface area contributed by atoms with Gasteiger partial charge < -0.3 is 19.8 Å². The van der Waals surface area contributed by atoms with Crippen LogP contribution < -0.4 is 4.74 Å². The molecule has 6 nitrogen and oxygen atoms in total. The van der Waals surface area contributed by atoms with Crippen molar-refractivity contribution in [2.24, 2.45) is 5.92 Å². The summed E-state index contributed by atoms with van der Waals surface area (Å²) < 4.78 is 7.45. The fraction of sp³-hybridized carbons (Fsp3) is 0.536. The second kappa shape index (κ2) is 8.06. The first kappa shape index (κ1) is 23.3. The number of amides is 1. The Morgan fingerprint density at radius 1 is 1.33 bits per heavy atom. The van der Waals surface area contributed by atoms with Crippen molar-refractivity contribution < 1.29 is 19.7 Å². The molecule has 0 radical (unpaired) electrons. The van der Waals surface area contributed by atoms with Crippen LogP contribution in [0.3, 0.4) is 0 Å². The lowest BCUT2D eigenvalue weighted by Crippen LogP contribution is -2.81. The minimum absolute atomic E-state index is 0.0845. The summed E-state index contributed by atoms with van der Waals surface area (Å²) in [7, 11) is 1.84. The molecule has 2 aromatic rings. The number of rotatable bonds is 5. The molecule has 1 spiro atoms. The summed E-state index contributed by atoms with van der Waals surface area (Å²) in [4.78, 5) is 18.7. The van der Waals surface area contributed by atoms with Gasteiger partial charge in [-0.05, 0) is 90.7 Å². The van der Waals surface area contributed by atoms with Crippen molar-refractivity contribution in [1.82, 2.24) is 9.80 Å². The number of phenolic OH excluding ortho intramolecular Hbond substituents is 1. The predicted molar refractivity (Wildman–Crippen MR) is 142 cm³/mol. The predicted octanol–water partition coefficient (Wildman–Crippen LogP) is 4.32. The van der Waals surface area contributed by atoms with Gasteiger partial charge in [0.2, 0.25) is 5.91 Å². The van der Waals surface area contributed by atoms with Crippen LogP contribution in [0.1, 0.15) is 48.1 Å². The molecule has 2 saturated carbocycles. The van der Waals surface area contributed by atoms with Gasteiger partial charge in [0.25, 0.3) is 0 Å². The number of aromatic hydroxyl groups is 1. The third kappa shape index (κ3) is 3.11. The zero-order valence-corrected chi connectivity index (χ0v) is 22.7. The summed E-state index contributed by atoms with van der Waals surface area (Å²) in [6.45, 7) is 1.92. The smallest absolute Gasteiger partial charge is 0.246 e. The van der Waals surface area contributed by atoms with Gasteiger partial charge in [-0.25, -0.2) is 0 Å². The van der Waals surface area contributed by atoms with Gasteiger partial charge >= 0.3 is 0 Å². The van der Waals surface area contributed by atoms with Crippen molar-refractivity contribution in [2.45, 2.75) is 67.7 Å². The first-order valence-electron chi connectivity index (χ1n) is 13.0. The van der Waals surface area contributed by atoms with E-state index in [1.165, 1.54) is 18.4 Å². The number of phenols is 1. The van der Waals surface area contributed by atoms with Crippen molar-refractivity contribution in [2.75, 3.05) is 20.1 Å². The summed E-state index contributed by atoms with van der Waals surface area (Å²) in [5.41, 5.74) is 0.415. The molecular weight excluding hydrogens is 540 g/mol. The molecule has 0 unspecified atom stereocenters. The lowest BCUT2D eigenvalue weighted by atomic mass is 9.47. The van der Waals surface area contributed by atoms with Crippen molar-refractivity contribution in [3.63, 3.8) is 0 Å². The van der Waals surface area contributed by atoms with Crippen LogP contribution in [0.4, 0.5) is 0 Å². The minimum atomic E-state index is -1.15. The van der Waals surface area contributed by atoms with Gasteiger partial charge in [0.05, 0.1) is 11.5 Å². The summed E-state index contributed by atoms with van der Waals surface area (Å²) >= 11 is 5.05. The molecule has 2 N–H and O–H groups in total. The minimum Gasteiger partial charge on any atom is -0.504 e. The van der Waals surface area contributed by atoms with E-state index in [9.17, 15) is 15.0 Å². The number of hydrogen-bond acceptors (Lipinski definition) is 6. The molecule has 3 aliphatic carbocycles. The molecule has 3 fully saturated rings. The molecular formula is C28H31BrN2O4S. The molecule has 1 aromatic heterocycles. The molecule has 3 heterocycles. The van der Waals surface area contributed by atoms with E-state index in [0.29, 0.717) is 24.5 Å². The Morgan fingerprint density at radius 2 is 2.17 bits per heavy atom. The number of hydrogen-bond donors (Lipinski definition) is 2. The highest BCUT2D eigenvalue weighted by Crippen LogP contribution is 2.66. The van der Waals surface area contributed by atoms with Gasteiger partial charge in [0.1, 0.15) is 11.7 Å². The van der Waals surface area contributed by atoms with Crippen molar-refractivity contribution >= 4 is 39.2 Å². The van der Waals surface area contributed by atoms with E-state index in [1.54, 1.807) is 28.4 Å². The van der Waals surface area contributed by atoms with E-state index >= 15 is 0 Å². The highest BCUT2D eigenvalue weighted by molar-refractivity contribution is 9.10. The largest absolute Gasteiger partial charge is 0.504 e. The van der Waals surface area contributed by atoms with Gasteiger partial charge in [0, 0.05) is 46.0 Å². The number of aliphatic hydroxyl groups is 1. The van der Waals surface area contributed by atoms with E-state index in [-0.39, 0.29) is 29.8 Å². The summed E-state index contributed by atoms with van der Waals surface area (Å²) in [5, 5.41) is 25.8. The fourth-order valence-corrected chi connectivity index (χ4v) is 9.15. The van der Waals surface area contributed by atoms with Crippen LogP contribution in [0.15, 0.2) is 34.1 Å². The van der Waals surface area contributed by atoms with E-state index < -0.39 is 11.0 Å². The number of nitrogens with zero attached hydrogens (tertiary/aromatic N) is 2. The van der Waals surface area contributed by atoms with Crippen LogP contribution in [-0.2, 0) is 16.6 Å². The molecule has 8 heteroatoms. The quantitative estimate of drug-likeness (QED) is 0.524. The standard InChI is InChI=1S/C28H31BrN2O4S/c1-30(24(33)9-5-19-13-18(29)15-36-19)21-7-8-23-27-10-11-31(14-16-2-3-16)22(28(21,27)34)12-17-4-6-20(32)26(35-23)25(17)27/h4-6,9,13,15-16,21-23,32,34H,2-3,7-8,10-12,14H2,1H3/b9-5+/t21-,22+,23-,27+,28+/m0/s1. The maximum atomic E-state index is 13.5. The molecule has 190 valence electrons. The van der Waals surface area contributed by atoms with E-state index in [1.807, 2.05) is 30.6 Å². The number of carbonyl (C=O) groups excluding carboxylic acids is 1. The third-order valence-corrected chi connectivity index (χ3v) is 11.2. The number of ether oxygens (including phenoxy) is 1. The van der Waals surface area contributed by atoms with Crippen LogP contribution in [-0.4, -0.2) is 69.8 Å². The SMILES string of the molecule is CN(C(=O)/C=C/c1cc(Br)cs1)[C@H]1CC[C@@H]2Oc3c(O)ccc4c3[C@@]23CCN(CC2CC2)[C@H](C4)[C@]13O. The Balaban J connectivity index is 1.31. The van der Waals surface area contributed by atoms with Gasteiger partial charge in [-0.2, -0.15) is 0 Å². The topological polar surface area (TPSA) is 73.2 Å². The lowest BCUT2D eigenvalue weighted by Gasteiger charge is -2.66. The second-order valence-electron chi connectivity index (χ2n) is 11.3. The summed E-state index contributed by atoms with van der Waals surface area (Å²) in [6.07, 6.45) is 8.72. The Labute approximate surface area is 223 Å². The van der Waals surface area contributed by atoms with Crippen LogP contribution in [0.25, 0.3) is 6.08 Å². The fourth-order valence-electron chi connectivity index (χ4n) is 7.82. The van der Waals surface area contributed by atoms with Crippen LogP contribution >= 0.6 is 27.3 Å². The number of carbonyl (C=O) groups is 1. The molecule has 5 aliphatic rings. The van der Waals surface area contributed by atoms with Crippen LogP contribution in [0, 0.1) is 5.92 Å². The summed E-state index contributed by atoms with van der Waals surface area (Å²) in [6, 6.07) is 5.34. The Kier molecular flexibility index (Phi) is 5.21. The van der Waals surface area contributed by atoms with Crippen molar-refractivity contribution in [3.8, 4) is 11.5 Å². The number of likely N-dealkylation sites (N-methyl/N-ethyl adjacent to an activating group) is 1. The second-order valence-corrected chi connectivity index (χ2v) is 13.2. The van der Waals surface area contributed by atoms with E-state index in [0.717, 1.165) is 40.8 Å². The Morgan fingerprint density at radius 3 is 2.92 bits per heavy atom. The number of thiophene rings is 1. The van der Waals surface area contributed by atoms with Gasteiger partial charge in [0.15, 0.2) is 11.5 Å². The molecule has 36 heavy (non-hydrogen) atoms. The first-order chi connectivity index (χ1) is 17.3. The normalized spacial score (nSPS) is 34.5. The summed E-state index contributed by atoms with van der Waals surface area (Å²) in [5.74, 6) is 1.33. The average Bonchev–Trinajstić information content (AvgIpc) is 3.47. The number of piperidine rings is 1. The number of benzene rings is 1. The van der Waals surface area contributed by atoms with Gasteiger partial charge in [-0.15, -0.1) is 11.3 Å². The molecule has 1 aromatic carbocycles. The van der Waals surface area contributed by atoms with Crippen LogP contribution in [0.2, 0.25) is 0 Å². The molecule has 1 amide bonds. The van der Waals surface area contributed by atoms with E-state index in [2.05, 4.69) is 20.8 Å². The van der Waals surface area contributed by atoms with E-state index in [4.69, 9.17) is 4.74 Å². The molecule has 7 rings (SSSR count). The van der Waals surface area contributed by atoms with Crippen molar-refractivity contribution in [1.29, 1.82) is 0 Å². The molecule has 2 bridgehead atoms. The first-order valence-corrected chi connectivity index (χ1v) is 14.7. The third-order valence-electron chi connectivity index (χ3n) is 9.54. The van der Waals surface area contributed by atoms with Crippen LogP contribution in [0.5, 0.6) is 11.5 Å². The Hall–Kier alpha value is -1.87. The monoisotopic (exact) mass is 570 g/mol. The number of halogens is 1. The highest BCUT2D eigenvalue weighted by atomic mass is 79.9. The zero-order chi connectivity index (χ0) is 24.8. The maximum absolute atomic E-state index is 13.5. The lowest BCUT2D eigenvalue weighted by molar-refractivity contribution is -0.217. The number of likely N-dealkylation sites (tertiary alicyclic amines) is 1. The van der Waals surface area contributed by atoms with Crippen molar-refractivity contribution in [3.05, 3.63) is 50.1 Å². The van der Waals surface area contributed by atoms with Gasteiger partial charge in [-0.3, -0.25) is 9.69 Å².